The first-order valence-corrected chi connectivity index (χ1v) is 8.91. The van der Waals surface area contributed by atoms with Gasteiger partial charge in [-0.1, -0.05) is 23.4 Å². The van der Waals surface area contributed by atoms with Crippen LogP contribution in [0, 0.1) is 0 Å². The second-order valence-electron chi connectivity index (χ2n) is 6.70. The van der Waals surface area contributed by atoms with E-state index in [9.17, 15) is 9.59 Å². The number of amides is 2. The molecular weight excluding hydrogens is 334 g/mol. The van der Waals surface area contributed by atoms with Gasteiger partial charge in [0.15, 0.2) is 5.60 Å². The molecule has 2 aliphatic rings. The van der Waals surface area contributed by atoms with E-state index in [0.717, 1.165) is 18.5 Å². The summed E-state index contributed by atoms with van der Waals surface area (Å²) in [7, 11) is 0. The van der Waals surface area contributed by atoms with Crippen LogP contribution in [0.4, 0.5) is 5.69 Å². The number of benzene rings is 1. The number of morpholine rings is 1. The molecule has 136 valence electrons. The van der Waals surface area contributed by atoms with Gasteiger partial charge >= 0.3 is 0 Å². The van der Waals surface area contributed by atoms with Gasteiger partial charge in [0.1, 0.15) is 0 Å². The Bertz CT molecular complexity index is 777. The highest BCUT2D eigenvalue weighted by Gasteiger charge is 2.48. The van der Waals surface area contributed by atoms with Crippen LogP contribution in [-0.2, 0) is 9.53 Å². The molecule has 2 aromatic rings. The van der Waals surface area contributed by atoms with Crippen LogP contribution in [0.2, 0.25) is 0 Å². The first-order chi connectivity index (χ1) is 12.7. The summed E-state index contributed by atoms with van der Waals surface area (Å²) in [4.78, 5) is 29.5. The highest BCUT2D eigenvalue weighted by atomic mass is 16.5. The minimum absolute atomic E-state index is 0.0729. The first-order valence-electron chi connectivity index (χ1n) is 8.91. The lowest BCUT2D eigenvalue weighted by molar-refractivity contribution is -0.155. The molecule has 2 fully saturated rings. The summed E-state index contributed by atoms with van der Waals surface area (Å²) < 4.78 is 11.0. The molecule has 4 rings (SSSR count). The van der Waals surface area contributed by atoms with Crippen molar-refractivity contribution in [2.75, 3.05) is 31.1 Å². The van der Waals surface area contributed by atoms with Crippen LogP contribution in [0.15, 0.2) is 47.1 Å². The summed E-state index contributed by atoms with van der Waals surface area (Å²) >= 11 is 0. The molecule has 0 saturated carbocycles. The maximum atomic E-state index is 13.4. The third-order valence-corrected chi connectivity index (χ3v) is 5.04. The predicted octanol–water partition coefficient (Wildman–Crippen LogP) is 2.10. The van der Waals surface area contributed by atoms with Gasteiger partial charge in [-0.15, -0.1) is 0 Å². The third kappa shape index (κ3) is 2.99. The normalized spacial score (nSPS) is 23.9. The molecule has 3 heterocycles. The van der Waals surface area contributed by atoms with Crippen molar-refractivity contribution in [2.45, 2.75) is 24.9 Å². The fourth-order valence-corrected chi connectivity index (χ4v) is 3.71. The van der Waals surface area contributed by atoms with E-state index >= 15 is 0 Å². The fraction of sp³-hybridized carbons (Fsp3) is 0.421. The van der Waals surface area contributed by atoms with Gasteiger partial charge in [-0.25, -0.2) is 0 Å². The smallest absolute Gasteiger partial charge is 0.292 e. The fourth-order valence-electron chi connectivity index (χ4n) is 3.71. The highest BCUT2D eigenvalue weighted by molar-refractivity contribution is 6.01. The minimum Gasteiger partial charge on any atom is -0.361 e. The standard InChI is InChI=1S/C19H21N3O4/c23-17(16-8-10-20-26-16)21-12-13-25-19(14-21)9-4-5-11-22(18(19)24)15-6-2-1-3-7-15/h1-3,6-8,10H,4-5,9,11-14H2. The molecule has 0 N–H and O–H groups in total. The molecule has 2 saturated heterocycles. The Balaban J connectivity index is 1.61. The van der Waals surface area contributed by atoms with E-state index in [1.54, 1.807) is 9.80 Å². The number of hydrogen-bond donors (Lipinski definition) is 0. The Hall–Kier alpha value is -2.67. The van der Waals surface area contributed by atoms with Gasteiger partial charge in [-0.05, 0) is 31.4 Å². The van der Waals surface area contributed by atoms with Gasteiger partial charge < -0.3 is 19.1 Å². The Labute approximate surface area is 151 Å². The van der Waals surface area contributed by atoms with Crippen LogP contribution in [0.3, 0.4) is 0 Å². The zero-order valence-electron chi connectivity index (χ0n) is 14.5. The lowest BCUT2D eigenvalue weighted by atomic mass is 9.94. The van der Waals surface area contributed by atoms with Gasteiger partial charge in [0.2, 0.25) is 5.76 Å². The second-order valence-corrected chi connectivity index (χ2v) is 6.70. The molecule has 0 radical (unpaired) electrons. The van der Waals surface area contributed by atoms with Crippen molar-refractivity contribution in [3.05, 3.63) is 48.4 Å². The maximum Gasteiger partial charge on any atom is 0.292 e. The SMILES string of the molecule is O=C(c1ccno1)N1CCOC2(CCCCN(c3ccccc3)C2=O)C1. The van der Waals surface area contributed by atoms with Gasteiger partial charge in [0, 0.05) is 24.8 Å². The van der Waals surface area contributed by atoms with Crippen LogP contribution < -0.4 is 4.90 Å². The van der Waals surface area contributed by atoms with Crippen LogP contribution in [0.5, 0.6) is 0 Å². The Kier molecular flexibility index (Phi) is 4.46. The molecule has 26 heavy (non-hydrogen) atoms. The van der Waals surface area contributed by atoms with E-state index in [4.69, 9.17) is 9.26 Å². The molecule has 7 heteroatoms. The average molecular weight is 355 g/mol. The molecule has 2 aliphatic heterocycles. The van der Waals surface area contributed by atoms with E-state index in [2.05, 4.69) is 5.16 Å². The van der Waals surface area contributed by atoms with E-state index in [1.165, 1.54) is 12.3 Å². The van der Waals surface area contributed by atoms with Crippen molar-refractivity contribution >= 4 is 17.5 Å². The summed E-state index contributed by atoms with van der Waals surface area (Å²) in [5.41, 5.74) is -0.138. The van der Waals surface area contributed by atoms with E-state index < -0.39 is 5.60 Å². The Morgan fingerprint density at radius 3 is 2.73 bits per heavy atom. The summed E-state index contributed by atoms with van der Waals surface area (Å²) in [5.74, 6) is -0.146. The minimum atomic E-state index is -1.000. The number of aromatic nitrogens is 1. The number of carbonyl (C=O) groups excluding carboxylic acids is 2. The number of rotatable bonds is 2. The number of carbonyl (C=O) groups is 2. The van der Waals surface area contributed by atoms with Gasteiger partial charge in [0.05, 0.1) is 19.3 Å². The number of hydrogen-bond acceptors (Lipinski definition) is 5. The monoisotopic (exact) mass is 355 g/mol. The maximum absolute atomic E-state index is 13.4. The Morgan fingerprint density at radius 1 is 1.12 bits per heavy atom. The molecule has 2 amide bonds. The van der Waals surface area contributed by atoms with E-state index in [-0.39, 0.29) is 24.1 Å². The molecule has 7 nitrogen and oxygen atoms in total. The van der Waals surface area contributed by atoms with Crippen LogP contribution in [0.25, 0.3) is 0 Å². The van der Waals surface area contributed by atoms with Gasteiger partial charge in [-0.3, -0.25) is 9.59 Å². The molecular formula is C19H21N3O4. The predicted molar refractivity (Wildman–Crippen MR) is 93.7 cm³/mol. The number of nitrogens with zero attached hydrogens (tertiary/aromatic N) is 3. The van der Waals surface area contributed by atoms with Crippen molar-refractivity contribution in [3.8, 4) is 0 Å². The van der Waals surface area contributed by atoms with Crippen LogP contribution in [0.1, 0.15) is 29.8 Å². The summed E-state index contributed by atoms with van der Waals surface area (Å²) in [6.45, 7) is 1.65. The number of ether oxygens (including phenoxy) is 1. The summed E-state index contributed by atoms with van der Waals surface area (Å²) in [6.07, 6.45) is 3.83. The largest absolute Gasteiger partial charge is 0.361 e. The van der Waals surface area contributed by atoms with Crippen molar-refractivity contribution in [3.63, 3.8) is 0 Å². The highest BCUT2D eigenvalue weighted by Crippen LogP contribution is 2.32. The average Bonchev–Trinajstić information content (AvgIpc) is 3.18. The summed E-state index contributed by atoms with van der Waals surface area (Å²) in [5, 5.41) is 3.59. The molecule has 1 spiro atoms. The topological polar surface area (TPSA) is 75.9 Å². The van der Waals surface area contributed by atoms with Gasteiger partial charge in [0.25, 0.3) is 11.8 Å². The molecule has 1 atom stereocenters. The first kappa shape index (κ1) is 16.8. The van der Waals surface area contributed by atoms with Crippen molar-refractivity contribution < 1.29 is 18.8 Å². The Morgan fingerprint density at radius 2 is 1.96 bits per heavy atom. The lowest BCUT2D eigenvalue weighted by Crippen LogP contribution is -2.61. The van der Waals surface area contributed by atoms with E-state index in [1.807, 2.05) is 30.3 Å². The van der Waals surface area contributed by atoms with Crippen LogP contribution in [-0.4, -0.2) is 53.7 Å². The van der Waals surface area contributed by atoms with Crippen LogP contribution >= 0.6 is 0 Å². The number of para-hydroxylation sites is 1. The lowest BCUT2D eigenvalue weighted by Gasteiger charge is -2.42. The molecule has 0 bridgehead atoms. The quantitative estimate of drug-likeness (QED) is 0.825. The number of anilines is 1. The molecule has 0 aliphatic carbocycles. The van der Waals surface area contributed by atoms with Crippen molar-refractivity contribution in [1.82, 2.24) is 10.1 Å². The second kappa shape index (κ2) is 6.92. The molecule has 1 unspecified atom stereocenters. The molecule has 1 aromatic heterocycles. The van der Waals surface area contributed by atoms with Crippen molar-refractivity contribution in [1.29, 1.82) is 0 Å². The van der Waals surface area contributed by atoms with Crippen molar-refractivity contribution in [2.24, 2.45) is 0 Å². The van der Waals surface area contributed by atoms with E-state index in [0.29, 0.717) is 26.1 Å². The summed E-state index contributed by atoms with van der Waals surface area (Å²) in [6, 6.07) is 11.2. The third-order valence-electron chi connectivity index (χ3n) is 5.04. The zero-order chi connectivity index (χ0) is 18.0. The zero-order valence-corrected chi connectivity index (χ0v) is 14.5. The van der Waals surface area contributed by atoms with Gasteiger partial charge in [-0.2, -0.15) is 0 Å². The molecule has 1 aromatic carbocycles.